The number of aromatic carboxylic acids is 2. The molecule has 0 atom stereocenters. The molecule has 0 fully saturated rings. The molecule has 0 unspecified atom stereocenters. The molecule has 2 aliphatic heterocycles. The zero-order valence-corrected chi connectivity index (χ0v) is 15.2. The lowest BCUT2D eigenvalue weighted by atomic mass is 10.1. The van der Waals surface area contributed by atoms with Crippen LogP contribution in [-0.4, -0.2) is 47.3 Å². The van der Waals surface area contributed by atoms with Crippen LogP contribution in [0.3, 0.4) is 0 Å². The summed E-state index contributed by atoms with van der Waals surface area (Å²) in [7, 11) is 0. The van der Waals surface area contributed by atoms with Crippen LogP contribution in [0.5, 0.6) is 0 Å². The van der Waals surface area contributed by atoms with Crippen LogP contribution in [0.15, 0.2) is 48.5 Å². The van der Waals surface area contributed by atoms with Gasteiger partial charge in [-0.1, -0.05) is 6.07 Å². The Morgan fingerprint density at radius 2 is 1.28 bits per heavy atom. The maximum absolute atomic E-state index is 11.5. The molecule has 2 heterocycles. The highest BCUT2D eigenvalue weighted by molar-refractivity contribution is 5.94. The van der Waals surface area contributed by atoms with Crippen molar-refractivity contribution in [2.75, 3.05) is 13.2 Å². The predicted molar refractivity (Wildman–Crippen MR) is 97.7 cm³/mol. The average molecular weight is 402 g/mol. The van der Waals surface area contributed by atoms with E-state index in [1.54, 1.807) is 0 Å². The second-order valence-corrected chi connectivity index (χ2v) is 5.80. The molecular weight excluding hydrogens is 384 g/mol. The summed E-state index contributed by atoms with van der Waals surface area (Å²) in [5.74, 6) is -3.20. The summed E-state index contributed by atoms with van der Waals surface area (Å²) in [6, 6.07) is 11.2. The molecule has 2 bridgehead atoms. The SMILES string of the molecule is O=C(O)c1cccc(C(=O)O)c1.O=C1OCCCCOOC(=O)c2ccc1cc2. The third-order valence-corrected chi connectivity index (χ3v) is 3.70. The van der Waals surface area contributed by atoms with Gasteiger partial charge in [0, 0.05) is 0 Å². The van der Waals surface area contributed by atoms with Crippen LogP contribution < -0.4 is 0 Å². The van der Waals surface area contributed by atoms with Crippen molar-refractivity contribution in [3.8, 4) is 0 Å². The number of esters is 1. The normalized spacial score (nSPS) is 14.1. The molecule has 2 N–H and O–H groups in total. The van der Waals surface area contributed by atoms with Crippen molar-refractivity contribution in [3.05, 3.63) is 70.8 Å². The summed E-state index contributed by atoms with van der Waals surface area (Å²) in [5, 5.41) is 17.0. The van der Waals surface area contributed by atoms with Crippen LogP contribution >= 0.6 is 0 Å². The number of fused-ring (bicyclic) bond motifs is 10. The van der Waals surface area contributed by atoms with Gasteiger partial charge in [0.2, 0.25) is 0 Å². The number of hydrogen-bond acceptors (Lipinski definition) is 7. The van der Waals surface area contributed by atoms with Crippen molar-refractivity contribution in [1.82, 2.24) is 0 Å². The zero-order valence-electron chi connectivity index (χ0n) is 15.2. The Hall–Kier alpha value is -3.72. The minimum atomic E-state index is -1.13. The first-order valence-corrected chi connectivity index (χ1v) is 8.56. The van der Waals surface area contributed by atoms with Crippen LogP contribution in [0.2, 0.25) is 0 Å². The van der Waals surface area contributed by atoms with Crippen molar-refractivity contribution in [3.63, 3.8) is 0 Å². The van der Waals surface area contributed by atoms with Gasteiger partial charge in [0.05, 0.1) is 35.5 Å². The van der Waals surface area contributed by atoms with E-state index >= 15 is 0 Å². The topological polar surface area (TPSA) is 136 Å². The predicted octanol–water partition coefficient (Wildman–Crippen LogP) is 2.81. The van der Waals surface area contributed by atoms with Crippen molar-refractivity contribution in [2.24, 2.45) is 0 Å². The molecule has 4 rings (SSSR count). The van der Waals surface area contributed by atoms with E-state index in [2.05, 4.69) is 4.89 Å². The van der Waals surface area contributed by atoms with E-state index in [1.165, 1.54) is 42.5 Å². The molecule has 9 nitrogen and oxygen atoms in total. The summed E-state index contributed by atoms with van der Waals surface area (Å²) >= 11 is 0. The van der Waals surface area contributed by atoms with Crippen LogP contribution in [0, 0.1) is 0 Å². The summed E-state index contributed by atoms with van der Waals surface area (Å²) in [4.78, 5) is 53.1. The number of carbonyl (C=O) groups excluding carboxylic acids is 2. The number of carboxylic acid groups (broad SMARTS) is 2. The number of carboxylic acids is 2. The molecule has 2 aromatic carbocycles. The number of carbonyl (C=O) groups is 4. The number of benzene rings is 2. The molecule has 2 aromatic rings. The van der Waals surface area contributed by atoms with Gasteiger partial charge in [0.1, 0.15) is 0 Å². The molecule has 29 heavy (non-hydrogen) atoms. The number of hydrogen-bond donors (Lipinski definition) is 2. The molecule has 152 valence electrons. The monoisotopic (exact) mass is 402 g/mol. The van der Waals surface area contributed by atoms with E-state index in [9.17, 15) is 19.2 Å². The van der Waals surface area contributed by atoms with Gasteiger partial charge >= 0.3 is 23.9 Å². The Balaban J connectivity index is 0.000000221. The van der Waals surface area contributed by atoms with Gasteiger partial charge in [-0.25, -0.2) is 19.2 Å². The van der Waals surface area contributed by atoms with Gasteiger partial charge in [-0.15, -0.1) is 0 Å². The lowest BCUT2D eigenvalue weighted by Crippen LogP contribution is -2.07. The van der Waals surface area contributed by atoms with E-state index in [0.29, 0.717) is 37.2 Å². The Morgan fingerprint density at radius 1 is 0.759 bits per heavy atom. The van der Waals surface area contributed by atoms with E-state index < -0.39 is 17.9 Å². The molecule has 9 heteroatoms. The van der Waals surface area contributed by atoms with E-state index in [-0.39, 0.29) is 17.1 Å². The minimum absolute atomic E-state index is 0.0186. The molecule has 0 aliphatic carbocycles. The summed E-state index contributed by atoms with van der Waals surface area (Å²) in [6.07, 6.45) is 1.33. The highest BCUT2D eigenvalue weighted by Gasteiger charge is 2.12. The molecule has 2 aliphatic rings. The molecule has 0 saturated heterocycles. The van der Waals surface area contributed by atoms with Gasteiger partial charge in [-0.3, -0.25) is 4.89 Å². The highest BCUT2D eigenvalue weighted by atomic mass is 17.2. The van der Waals surface area contributed by atoms with Crippen molar-refractivity contribution in [1.29, 1.82) is 0 Å². The Morgan fingerprint density at radius 3 is 1.83 bits per heavy atom. The average Bonchev–Trinajstić information content (AvgIpc) is 2.74. The van der Waals surface area contributed by atoms with Crippen molar-refractivity contribution < 1.29 is 43.9 Å². The first-order valence-electron chi connectivity index (χ1n) is 8.56. The minimum Gasteiger partial charge on any atom is -0.478 e. The molecule has 0 spiro atoms. The zero-order chi connectivity index (χ0) is 21.2. The summed E-state index contributed by atoms with van der Waals surface area (Å²) < 4.78 is 5.04. The maximum atomic E-state index is 11.5. The van der Waals surface area contributed by atoms with Crippen LogP contribution in [0.1, 0.15) is 54.3 Å². The largest absolute Gasteiger partial charge is 0.478 e. The van der Waals surface area contributed by atoms with Crippen LogP contribution in [-0.2, 0) is 14.5 Å². The first-order chi connectivity index (χ1) is 13.9. The van der Waals surface area contributed by atoms with Crippen LogP contribution in [0.4, 0.5) is 0 Å². The summed E-state index contributed by atoms with van der Waals surface area (Å²) in [5.41, 5.74) is 0.715. The van der Waals surface area contributed by atoms with E-state index in [1.807, 2.05) is 0 Å². The summed E-state index contributed by atoms with van der Waals surface area (Å²) in [6.45, 7) is 0.623. The molecule has 0 amide bonds. The lowest BCUT2D eigenvalue weighted by Gasteiger charge is -2.03. The Labute approximate surface area is 165 Å². The lowest BCUT2D eigenvalue weighted by molar-refractivity contribution is -0.241. The second kappa shape index (κ2) is 10.6. The number of rotatable bonds is 2. The fourth-order valence-electron chi connectivity index (χ4n) is 2.18. The standard InChI is InChI=1S/C12H12O5.C8H6O4/c13-11-9-3-5-10(6-4-9)12(14)17-16-8-2-1-7-15-11;9-7(10)5-2-1-3-6(4-5)8(11)12/h3-6H,1-2,7-8H2;1-4H,(H,9,10)(H,11,12). The Bertz CT molecular complexity index is 819. The quantitative estimate of drug-likeness (QED) is 0.574. The van der Waals surface area contributed by atoms with E-state index in [0.717, 1.165) is 6.07 Å². The van der Waals surface area contributed by atoms with Gasteiger partial charge in [-0.05, 0) is 55.3 Å². The smallest absolute Gasteiger partial charge is 0.373 e. The molecule has 0 aromatic heterocycles. The fourth-order valence-corrected chi connectivity index (χ4v) is 2.18. The van der Waals surface area contributed by atoms with E-state index in [4.69, 9.17) is 19.8 Å². The third-order valence-electron chi connectivity index (χ3n) is 3.70. The van der Waals surface area contributed by atoms with Crippen molar-refractivity contribution >= 4 is 23.9 Å². The number of ether oxygens (including phenoxy) is 1. The maximum Gasteiger partial charge on any atom is 0.373 e. The third kappa shape index (κ3) is 6.74. The second-order valence-electron chi connectivity index (χ2n) is 5.80. The molecular formula is C20H18O9. The fraction of sp³-hybridized carbons (Fsp3) is 0.200. The highest BCUT2D eigenvalue weighted by Crippen LogP contribution is 2.09. The van der Waals surface area contributed by atoms with Crippen molar-refractivity contribution in [2.45, 2.75) is 12.8 Å². The molecule has 0 saturated carbocycles. The van der Waals surface area contributed by atoms with Gasteiger partial charge in [0.25, 0.3) is 0 Å². The first kappa shape index (κ1) is 21.6. The molecule has 0 radical (unpaired) electrons. The van der Waals surface area contributed by atoms with Gasteiger partial charge in [-0.2, -0.15) is 4.89 Å². The van der Waals surface area contributed by atoms with Gasteiger partial charge in [0.15, 0.2) is 0 Å². The van der Waals surface area contributed by atoms with Gasteiger partial charge < -0.3 is 14.9 Å². The Kier molecular flexibility index (Phi) is 7.87. The van der Waals surface area contributed by atoms with Crippen LogP contribution in [0.25, 0.3) is 0 Å².